The number of aryl methyl sites for hydroxylation is 1. The normalized spacial score (nSPS) is 10.8. The molecule has 0 radical (unpaired) electrons. The van der Waals surface area contributed by atoms with E-state index in [2.05, 4.69) is 0 Å². The van der Waals surface area contributed by atoms with E-state index in [-0.39, 0.29) is 12.2 Å². The number of rotatable bonds is 4. The molecule has 0 aliphatic carbocycles. The van der Waals surface area contributed by atoms with Crippen LogP contribution in [0.3, 0.4) is 0 Å². The molecule has 24 heavy (non-hydrogen) atoms. The second-order valence-corrected chi connectivity index (χ2v) is 5.89. The number of benzene rings is 2. The summed E-state index contributed by atoms with van der Waals surface area (Å²) in [6.45, 7) is 3.91. The van der Waals surface area contributed by atoms with E-state index in [0.29, 0.717) is 0 Å². The molecule has 1 heterocycles. The topological polar surface area (TPSA) is 42.2 Å². The second-order valence-electron chi connectivity index (χ2n) is 5.89. The highest BCUT2D eigenvalue weighted by Gasteiger charge is 2.16. The van der Waals surface area contributed by atoms with Crippen molar-refractivity contribution in [2.75, 3.05) is 0 Å². The molecule has 3 aromatic rings. The van der Waals surface area contributed by atoms with Gasteiger partial charge in [0.15, 0.2) is 0 Å². The lowest BCUT2D eigenvalue weighted by atomic mass is 10.1. The van der Waals surface area contributed by atoms with Gasteiger partial charge < -0.3 is 9.67 Å². The molecule has 0 aliphatic heterocycles. The number of aliphatic carboxylic acids is 1. The van der Waals surface area contributed by atoms with E-state index in [0.717, 1.165) is 33.8 Å². The Labute approximate surface area is 140 Å². The van der Waals surface area contributed by atoms with Crippen molar-refractivity contribution in [2.24, 2.45) is 0 Å². The summed E-state index contributed by atoms with van der Waals surface area (Å²) in [6.07, 6.45) is -0.0428. The van der Waals surface area contributed by atoms with Crippen LogP contribution in [-0.4, -0.2) is 15.6 Å². The molecule has 2 aromatic carbocycles. The number of hydrogen-bond acceptors (Lipinski definition) is 1. The van der Waals surface area contributed by atoms with Crippen molar-refractivity contribution >= 4 is 5.97 Å². The number of halogens is 1. The maximum Gasteiger partial charge on any atom is 0.307 e. The van der Waals surface area contributed by atoms with Gasteiger partial charge in [-0.25, -0.2) is 4.39 Å². The van der Waals surface area contributed by atoms with Crippen molar-refractivity contribution in [1.29, 1.82) is 0 Å². The molecule has 0 aliphatic rings. The molecule has 0 saturated heterocycles. The minimum absolute atomic E-state index is 0.0428. The summed E-state index contributed by atoms with van der Waals surface area (Å²) in [5, 5.41) is 9.15. The number of carbonyl (C=O) groups is 1. The first kappa shape index (κ1) is 16.0. The van der Waals surface area contributed by atoms with Crippen molar-refractivity contribution in [3.8, 4) is 16.9 Å². The number of carboxylic acids is 1. The largest absolute Gasteiger partial charge is 0.481 e. The highest BCUT2D eigenvalue weighted by atomic mass is 19.1. The number of aromatic nitrogens is 1. The predicted octanol–water partition coefficient (Wildman–Crippen LogP) is 4.53. The van der Waals surface area contributed by atoms with Gasteiger partial charge in [-0.3, -0.25) is 4.79 Å². The number of nitrogens with zero attached hydrogens (tertiary/aromatic N) is 1. The van der Waals surface area contributed by atoms with Crippen LogP contribution in [0.4, 0.5) is 4.39 Å². The summed E-state index contributed by atoms with van der Waals surface area (Å²) in [5.41, 5.74) is 5.45. The second kappa shape index (κ2) is 6.32. The first-order valence-electron chi connectivity index (χ1n) is 7.71. The lowest BCUT2D eigenvalue weighted by Crippen LogP contribution is -2.03. The van der Waals surface area contributed by atoms with Crippen molar-refractivity contribution in [3.05, 3.63) is 77.2 Å². The summed E-state index contributed by atoms with van der Waals surface area (Å²) in [6, 6.07) is 16.2. The van der Waals surface area contributed by atoms with Gasteiger partial charge in [0.2, 0.25) is 0 Å². The standard InChI is InChI=1S/C20H18FNO2/c1-13-3-5-15(6-4-13)19-11-16(12-20(23)24)14(2)22(19)18-9-7-17(21)8-10-18/h3-11H,12H2,1-2H3,(H,23,24). The molecule has 0 unspecified atom stereocenters. The summed E-state index contributed by atoms with van der Waals surface area (Å²) in [4.78, 5) is 11.1. The molecule has 4 heteroatoms. The van der Waals surface area contributed by atoms with Crippen LogP contribution < -0.4 is 0 Å². The lowest BCUT2D eigenvalue weighted by Gasteiger charge is -2.12. The van der Waals surface area contributed by atoms with Gasteiger partial charge in [-0.2, -0.15) is 0 Å². The zero-order chi connectivity index (χ0) is 17.3. The average Bonchev–Trinajstić information content (AvgIpc) is 2.85. The summed E-state index contributed by atoms with van der Waals surface area (Å²) < 4.78 is 15.2. The van der Waals surface area contributed by atoms with Crippen LogP contribution in [0, 0.1) is 19.7 Å². The van der Waals surface area contributed by atoms with Crippen LogP contribution in [0.1, 0.15) is 16.8 Å². The van der Waals surface area contributed by atoms with Crippen LogP contribution in [0.25, 0.3) is 16.9 Å². The zero-order valence-corrected chi connectivity index (χ0v) is 13.6. The molecule has 3 nitrogen and oxygen atoms in total. The van der Waals surface area contributed by atoms with Gasteiger partial charge in [0.05, 0.1) is 12.1 Å². The Morgan fingerprint density at radius 3 is 2.25 bits per heavy atom. The van der Waals surface area contributed by atoms with E-state index in [9.17, 15) is 9.18 Å². The fraction of sp³-hybridized carbons (Fsp3) is 0.150. The molecule has 0 spiro atoms. The van der Waals surface area contributed by atoms with Crippen LogP contribution in [-0.2, 0) is 11.2 Å². The van der Waals surface area contributed by atoms with Gasteiger partial charge in [0.1, 0.15) is 5.82 Å². The first-order chi connectivity index (χ1) is 11.5. The SMILES string of the molecule is Cc1ccc(-c2cc(CC(=O)O)c(C)n2-c2ccc(F)cc2)cc1. The molecule has 122 valence electrons. The third-order valence-corrected chi connectivity index (χ3v) is 4.13. The number of hydrogen-bond donors (Lipinski definition) is 1. The van der Waals surface area contributed by atoms with E-state index in [1.54, 1.807) is 12.1 Å². The molecule has 0 amide bonds. The van der Waals surface area contributed by atoms with Crippen LogP contribution in [0.15, 0.2) is 54.6 Å². The number of carboxylic acid groups (broad SMARTS) is 1. The van der Waals surface area contributed by atoms with E-state index in [1.165, 1.54) is 12.1 Å². The van der Waals surface area contributed by atoms with Crippen LogP contribution >= 0.6 is 0 Å². The van der Waals surface area contributed by atoms with Crippen molar-refractivity contribution in [2.45, 2.75) is 20.3 Å². The van der Waals surface area contributed by atoms with Gasteiger partial charge >= 0.3 is 5.97 Å². The minimum atomic E-state index is -0.871. The maximum atomic E-state index is 13.3. The van der Waals surface area contributed by atoms with E-state index in [4.69, 9.17) is 5.11 Å². The Morgan fingerprint density at radius 1 is 1.04 bits per heavy atom. The van der Waals surface area contributed by atoms with Gasteiger partial charge in [0, 0.05) is 11.4 Å². The molecule has 0 fully saturated rings. The first-order valence-corrected chi connectivity index (χ1v) is 7.71. The quantitative estimate of drug-likeness (QED) is 0.766. The monoisotopic (exact) mass is 323 g/mol. The van der Waals surface area contributed by atoms with E-state index >= 15 is 0 Å². The molecule has 0 bridgehead atoms. The lowest BCUT2D eigenvalue weighted by molar-refractivity contribution is -0.136. The third kappa shape index (κ3) is 3.08. The van der Waals surface area contributed by atoms with E-state index in [1.807, 2.05) is 48.7 Å². The molecule has 3 rings (SSSR count). The highest BCUT2D eigenvalue weighted by molar-refractivity contribution is 5.73. The Bertz CT molecular complexity index is 877. The summed E-state index contributed by atoms with van der Waals surface area (Å²) >= 11 is 0. The smallest absolute Gasteiger partial charge is 0.307 e. The van der Waals surface area contributed by atoms with Crippen LogP contribution in [0.5, 0.6) is 0 Å². The summed E-state index contributed by atoms with van der Waals surface area (Å²) in [7, 11) is 0. The third-order valence-electron chi connectivity index (χ3n) is 4.13. The molecule has 0 atom stereocenters. The van der Waals surface area contributed by atoms with Gasteiger partial charge in [0.25, 0.3) is 0 Å². The molecule has 0 saturated carbocycles. The van der Waals surface area contributed by atoms with E-state index < -0.39 is 5.97 Å². The molecular formula is C20H18FNO2. The highest BCUT2D eigenvalue weighted by Crippen LogP contribution is 2.30. The Morgan fingerprint density at radius 2 is 1.67 bits per heavy atom. The fourth-order valence-corrected chi connectivity index (χ4v) is 2.86. The summed E-state index contributed by atoms with van der Waals surface area (Å²) in [5.74, 6) is -1.17. The van der Waals surface area contributed by atoms with Gasteiger partial charge in [-0.15, -0.1) is 0 Å². The van der Waals surface area contributed by atoms with Crippen molar-refractivity contribution in [1.82, 2.24) is 4.57 Å². The predicted molar refractivity (Wildman–Crippen MR) is 92.0 cm³/mol. The van der Waals surface area contributed by atoms with Gasteiger partial charge in [-0.05, 0) is 55.3 Å². The van der Waals surface area contributed by atoms with Crippen LogP contribution in [0.2, 0.25) is 0 Å². The maximum absolute atomic E-state index is 13.3. The molecule has 1 N–H and O–H groups in total. The van der Waals surface area contributed by atoms with Crippen molar-refractivity contribution in [3.63, 3.8) is 0 Å². The van der Waals surface area contributed by atoms with Crippen molar-refractivity contribution < 1.29 is 14.3 Å². The Balaban J connectivity index is 2.20. The Hall–Kier alpha value is -2.88. The Kier molecular flexibility index (Phi) is 4.21. The van der Waals surface area contributed by atoms with Gasteiger partial charge in [-0.1, -0.05) is 29.8 Å². The molecule has 1 aromatic heterocycles. The zero-order valence-electron chi connectivity index (χ0n) is 13.6. The fourth-order valence-electron chi connectivity index (χ4n) is 2.86. The average molecular weight is 323 g/mol. The molecular weight excluding hydrogens is 305 g/mol. The minimum Gasteiger partial charge on any atom is -0.481 e.